The summed E-state index contributed by atoms with van der Waals surface area (Å²) in [5, 5.41) is 4.10. The molecular weight excluding hydrogens is 277 g/mol. The van der Waals surface area contributed by atoms with Crippen molar-refractivity contribution < 1.29 is 13.2 Å². The molecule has 0 saturated carbocycles. The number of aromatic nitrogens is 2. The molecule has 0 fully saturated rings. The van der Waals surface area contributed by atoms with Gasteiger partial charge in [-0.25, -0.2) is 4.68 Å². The molecule has 0 N–H and O–H groups in total. The zero-order valence-corrected chi connectivity index (χ0v) is 11.1. The van der Waals surface area contributed by atoms with Gasteiger partial charge in [-0.05, 0) is 30.2 Å². The molecule has 0 aliphatic rings. The molecule has 0 amide bonds. The van der Waals surface area contributed by atoms with Crippen molar-refractivity contribution >= 4 is 11.6 Å². The van der Waals surface area contributed by atoms with E-state index in [2.05, 4.69) is 5.10 Å². The number of nitrogens with zero attached hydrogens (tertiary/aromatic N) is 2. The van der Waals surface area contributed by atoms with Crippen LogP contribution in [0.1, 0.15) is 31.2 Å². The third-order valence-corrected chi connectivity index (χ3v) is 2.91. The van der Waals surface area contributed by atoms with Gasteiger partial charge in [0.05, 0.1) is 5.69 Å². The van der Waals surface area contributed by atoms with Crippen LogP contribution < -0.4 is 0 Å². The largest absolute Gasteiger partial charge is 0.435 e. The third-order valence-electron chi connectivity index (χ3n) is 2.67. The monoisotopic (exact) mass is 288 g/mol. The van der Waals surface area contributed by atoms with Crippen LogP contribution in [0.5, 0.6) is 0 Å². The van der Waals surface area contributed by atoms with Crippen molar-refractivity contribution in [3.05, 3.63) is 46.7 Å². The smallest absolute Gasteiger partial charge is 0.237 e. The standard InChI is InChI=1S/C13H12ClF3N2/c1-8(2)11-7-12(13(15,16)17)18-19(11)10-5-3-4-9(14)6-10/h3-8H,1-2H3. The predicted octanol–water partition coefficient (Wildman–Crippen LogP) is 4.67. The fraction of sp³-hybridized carbons (Fsp3) is 0.308. The maximum atomic E-state index is 12.7. The molecule has 0 bridgehead atoms. The lowest BCUT2D eigenvalue weighted by atomic mass is 10.1. The number of hydrogen-bond acceptors (Lipinski definition) is 1. The first kappa shape index (κ1) is 13.9. The summed E-state index contributed by atoms with van der Waals surface area (Å²) in [6.45, 7) is 3.64. The van der Waals surface area contributed by atoms with Crippen molar-refractivity contribution in [3.63, 3.8) is 0 Å². The molecule has 102 valence electrons. The van der Waals surface area contributed by atoms with Crippen LogP contribution in [0, 0.1) is 0 Å². The Morgan fingerprint density at radius 2 is 1.89 bits per heavy atom. The zero-order valence-electron chi connectivity index (χ0n) is 10.4. The molecule has 6 heteroatoms. The number of halogens is 4. The van der Waals surface area contributed by atoms with Crippen molar-refractivity contribution in [1.82, 2.24) is 9.78 Å². The lowest BCUT2D eigenvalue weighted by Crippen LogP contribution is -2.08. The first-order valence-electron chi connectivity index (χ1n) is 5.72. The summed E-state index contributed by atoms with van der Waals surface area (Å²) in [6, 6.07) is 7.67. The summed E-state index contributed by atoms with van der Waals surface area (Å²) in [6.07, 6.45) is -4.45. The Labute approximate surface area is 113 Å². The van der Waals surface area contributed by atoms with Gasteiger partial charge in [-0.2, -0.15) is 18.3 Å². The van der Waals surface area contributed by atoms with Gasteiger partial charge < -0.3 is 0 Å². The molecule has 2 aromatic rings. The molecule has 0 radical (unpaired) electrons. The van der Waals surface area contributed by atoms with Gasteiger partial charge in [0.25, 0.3) is 0 Å². The van der Waals surface area contributed by atoms with E-state index in [1.165, 1.54) is 4.68 Å². The summed E-state index contributed by atoms with van der Waals surface area (Å²) in [5.41, 5.74) is 0.123. The number of hydrogen-bond donors (Lipinski definition) is 0. The molecule has 2 rings (SSSR count). The predicted molar refractivity (Wildman–Crippen MR) is 67.7 cm³/mol. The van der Waals surface area contributed by atoms with Crippen LogP contribution in [0.25, 0.3) is 5.69 Å². The molecule has 19 heavy (non-hydrogen) atoms. The second-order valence-electron chi connectivity index (χ2n) is 4.50. The second-order valence-corrected chi connectivity index (χ2v) is 4.94. The van der Waals surface area contributed by atoms with Gasteiger partial charge in [0.15, 0.2) is 5.69 Å². The minimum absolute atomic E-state index is 0.0809. The van der Waals surface area contributed by atoms with Gasteiger partial charge in [-0.1, -0.05) is 31.5 Å². The van der Waals surface area contributed by atoms with E-state index in [4.69, 9.17) is 11.6 Å². The van der Waals surface area contributed by atoms with E-state index in [-0.39, 0.29) is 5.92 Å². The Kier molecular flexibility index (Phi) is 3.58. The lowest BCUT2D eigenvalue weighted by Gasteiger charge is -2.10. The first-order chi connectivity index (χ1) is 8.79. The summed E-state index contributed by atoms with van der Waals surface area (Å²) in [4.78, 5) is 0. The molecule has 0 aliphatic heterocycles. The minimum atomic E-state index is -4.45. The molecule has 2 nitrogen and oxygen atoms in total. The summed E-state index contributed by atoms with van der Waals surface area (Å²) in [7, 11) is 0. The highest BCUT2D eigenvalue weighted by Crippen LogP contribution is 2.31. The van der Waals surface area contributed by atoms with Gasteiger partial charge in [0, 0.05) is 10.7 Å². The van der Waals surface area contributed by atoms with Gasteiger partial charge in [0.1, 0.15) is 0 Å². The molecule has 0 atom stereocenters. The fourth-order valence-corrected chi connectivity index (χ4v) is 1.94. The van der Waals surface area contributed by atoms with Crippen LogP contribution in [0.2, 0.25) is 5.02 Å². The normalized spacial score (nSPS) is 12.2. The van der Waals surface area contributed by atoms with E-state index in [1.54, 1.807) is 24.3 Å². The zero-order chi connectivity index (χ0) is 14.2. The van der Waals surface area contributed by atoms with E-state index < -0.39 is 11.9 Å². The first-order valence-corrected chi connectivity index (χ1v) is 6.10. The fourth-order valence-electron chi connectivity index (χ4n) is 1.76. The Morgan fingerprint density at radius 1 is 1.21 bits per heavy atom. The molecule has 0 unspecified atom stereocenters. The van der Waals surface area contributed by atoms with Gasteiger partial charge >= 0.3 is 6.18 Å². The Balaban J connectivity index is 2.59. The maximum Gasteiger partial charge on any atom is 0.435 e. The number of benzene rings is 1. The average Bonchev–Trinajstić information content (AvgIpc) is 2.73. The van der Waals surface area contributed by atoms with Gasteiger partial charge in [-0.3, -0.25) is 0 Å². The molecule has 1 aromatic carbocycles. The Hall–Kier alpha value is -1.49. The number of alkyl halides is 3. The van der Waals surface area contributed by atoms with Gasteiger partial charge in [0.2, 0.25) is 0 Å². The van der Waals surface area contributed by atoms with E-state index in [0.29, 0.717) is 16.4 Å². The van der Waals surface area contributed by atoms with Crippen molar-refractivity contribution in [3.8, 4) is 5.69 Å². The third kappa shape index (κ3) is 2.92. The molecule has 0 aliphatic carbocycles. The summed E-state index contributed by atoms with van der Waals surface area (Å²) in [5.74, 6) is -0.0809. The maximum absolute atomic E-state index is 12.7. The average molecular weight is 289 g/mol. The van der Waals surface area contributed by atoms with E-state index in [1.807, 2.05) is 13.8 Å². The molecule has 1 aromatic heterocycles. The lowest BCUT2D eigenvalue weighted by molar-refractivity contribution is -0.141. The highest BCUT2D eigenvalue weighted by molar-refractivity contribution is 6.30. The van der Waals surface area contributed by atoms with Crippen LogP contribution in [0.4, 0.5) is 13.2 Å². The van der Waals surface area contributed by atoms with Crippen molar-refractivity contribution in [2.24, 2.45) is 0 Å². The van der Waals surface area contributed by atoms with Crippen LogP contribution >= 0.6 is 11.6 Å². The minimum Gasteiger partial charge on any atom is -0.237 e. The SMILES string of the molecule is CC(C)c1cc(C(F)(F)F)nn1-c1cccc(Cl)c1. The summed E-state index contributed by atoms with van der Waals surface area (Å²) >= 11 is 5.86. The van der Waals surface area contributed by atoms with Crippen LogP contribution in [-0.2, 0) is 6.18 Å². The van der Waals surface area contributed by atoms with E-state index in [0.717, 1.165) is 6.07 Å². The highest BCUT2D eigenvalue weighted by Gasteiger charge is 2.35. The van der Waals surface area contributed by atoms with Crippen molar-refractivity contribution in [1.29, 1.82) is 0 Å². The number of rotatable bonds is 2. The topological polar surface area (TPSA) is 17.8 Å². The van der Waals surface area contributed by atoms with Crippen LogP contribution in [0.15, 0.2) is 30.3 Å². The quantitative estimate of drug-likeness (QED) is 0.785. The molecule has 1 heterocycles. The van der Waals surface area contributed by atoms with E-state index >= 15 is 0 Å². The summed E-state index contributed by atoms with van der Waals surface area (Å²) < 4.78 is 39.5. The molecule has 0 saturated heterocycles. The van der Waals surface area contributed by atoms with E-state index in [9.17, 15) is 13.2 Å². The Bertz CT molecular complexity index is 588. The van der Waals surface area contributed by atoms with Crippen molar-refractivity contribution in [2.45, 2.75) is 25.9 Å². The molecule has 0 spiro atoms. The van der Waals surface area contributed by atoms with Crippen LogP contribution in [-0.4, -0.2) is 9.78 Å². The Morgan fingerprint density at radius 3 is 2.42 bits per heavy atom. The second kappa shape index (κ2) is 4.89. The highest BCUT2D eigenvalue weighted by atomic mass is 35.5. The van der Waals surface area contributed by atoms with Crippen LogP contribution in [0.3, 0.4) is 0 Å². The molecular formula is C13H12ClF3N2. The van der Waals surface area contributed by atoms with Crippen molar-refractivity contribution in [2.75, 3.05) is 0 Å². The van der Waals surface area contributed by atoms with Gasteiger partial charge in [-0.15, -0.1) is 0 Å².